The lowest BCUT2D eigenvalue weighted by molar-refractivity contribution is -0.120. The number of anilines is 1. The van der Waals surface area contributed by atoms with E-state index in [1.165, 1.54) is 6.07 Å². The van der Waals surface area contributed by atoms with Crippen LogP contribution in [0.25, 0.3) is 10.9 Å². The van der Waals surface area contributed by atoms with Crippen LogP contribution < -0.4 is 5.32 Å². The fourth-order valence-electron chi connectivity index (χ4n) is 3.38. The smallest absolute Gasteiger partial charge is 0.227 e. The Morgan fingerprint density at radius 1 is 1.17 bits per heavy atom. The average molecular weight is 308 g/mol. The fraction of sp³-hybridized carbons (Fsp3) is 0.211. The van der Waals surface area contributed by atoms with Gasteiger partial charge in [-0.2, -0.15) is 0 Å². The quantitative estimate of drug-likeness (QED) is 0.737. The summed E-state index contributed by atoms with van der Waals surface area (Å²) in [6.07, 6.45) is 2.27. The minimum atomic E-state index is -0.241. The standard InChI is InChI=1S/C19H17FN2O/c20-13-7-9-18-16(11-13)15-10-12(6-8-17(15)22-18)19(23)21-14-4-2-1-3-5-14/h1-5,7,9,11-12,22H,6,8,10H2,(H,21,23). The average Bonchev–Trinajstić information content (AvgIpc) is 2.93. The second-order valence-electron chi connectivity index (χ2n) is 6.07. The fourth-order valence-corrected chi connectivity index (χ4v) is 3.38. The highest BCUT2D eigenvalue weighted by Crippen LogP contribution is 2.32. The van der Waals surface area contributed by atoms with E-state index in [9.17, 15) is 9.18 Å². The molecule has 116 valence electrons. The SMILES string of the molecule is O=C(Nc1ccccc1)C1CCc2[nH]c3ccc(F)cc3c2C1. The molecule has 1 aromatic heterocycles. The van der Waals surface area contributed by atoms with Crippen molar-refractivity contribution in [3.05, 3.63) is 65.6 Å². The molecule has 2 aromatic carbocycles. The molecule has 1 heterocycles. The highest BCUT2D eigenvalue weighted by molar-refractivity contribution is 5.94. The lowest BCUT2D eigenvalue weighted by atomic mass is 9.85. The molecule has 3 nitrogen and oxygen atoms in total. The van der Waals surface area contributed by atoms with E-state index in [4.69, 9.17) is 0 Å². The first kappa shape index (κ1) is 14.0. The van der Waals surface area contributed by atoms with Gasteiger partial charge in [-0.15, -0.1) is 0 Å². The van der Waals surface area contributed by atoms with Gasteiger partial charge in [0.1, 0.15) is 5.82 Å². The number of para-hydroxylation sites is 1. The zero-order chi connectivity index (χ0) is 15.8. The van der Waals surface area contributed by atoms with Crippen LogP contribution in [0.3, 0.4) is 0 Å². The van der Waals surface area contributed by atoms with Crippen LogP contribution >= 0.6 is 0 Å². The Labute approximate surface area is 133 Å². The molecular formula is C19H17FN2O. The van der Waals surface area contributed by atoms with Crippen LogP contribution in [-0.4, -0.2) is 10.9 Å². The Hall–Kier alpha value is -2.62. The number of aryl methyl sites for hydroxylation is 1. The molecule has 1 aliphatic carbocycles. The van der Waals surface area contributed by atoms with E-state index in [1.807, 2.05) is 30.3 Å². The number of nitrogens with one attached hydrogen (secondary N) is 2. The molecule has 0 saturated carbocycles. The van der Waals surface area contributed by atoms with E-state index in [0.29, 0.717) is 6.42 Å². The van der Waals surface area contributed by atoms with Crippen molar-refractivity contribution in [2.45, 2.75) is 19.3 Å². The Balaban J connectivity index is 1.59. The highest BCUT2D eigenvalue weighted by Gasteiger charge is 2.27. The highest BCUT2D eigenvalue weighted by atomic mass is 19.1. The van der Waals surface area contributed by atoms with Gasteiger partial charge in [0.2, 0.25) is 5.91 Å². The summed E-state index contributed by atoms with van der Waals surface area (Å²) >= 11 is 0. The van der Waals surface area contributed by atoms with Crippen LogP contribution in [0.15, 0.2) is 48.5 Å². The number of halogens is 1. The number of amides is 1. The molecule has 4 rings (SSSR count). The van der Waals surface area contributed by atoms with Crippen LogP contribution in [-0.2, 0) is 17.6 Å². The number of fused-ring (bicyclic) bond motifs is 3. The van der Waals surface area contributed by atoms with Gasteiger partial charge >= 0.3 is 0 Å². The largest absolute Gasteiger partial charge is 0.358 e. The molecule has 2 N–H and O–H groups in total. The Bertz CT molecular complexity index is 870. The van der Waals surface area contributed by atoms with Crippen molar-refractivity contribution in [2.75, 3.05) is 5.32 Å². The number of aromatic nitrogens is 1. The molecule has 0 spiro atoms. The van der Waals surface area contributed by atoms with Crippen LogP contribution in [0.2, 0.25) is 0 Å². The van der Waals surface area contributed by atoms with E-state index < -0.39 is 0 Å². The van der Waals surface area contributed by atoms with E-state index in [2.05, 4.69) is 10.3 Å². The van der Waals surface area contributed by atoms with Crippen molar-refractivity contribution >= 4 is 22.5 Å². The van der Waals surface area contributed by atoms with Crippen molar-refractivity contribution in [1.82, 2.24) is 4.98 Å². The Morgan fingerprint density at radius 3 is 2.83 bits per heavy atom. The van der Waals surface area contributed by atoms with Gasteiger partial charge in [0, 0.05) is 28.2 Å². The lowest BCUT2D eigenvalue weighted by Crippen LogP contribution is -2.28. The van der Waals surface area contributed by atoms with E-state index in [1.54, 1.807) is 12.1 Å². The predicted molar refractivity (Wildman–Crippen MR) is 88.8 cm³/mol. The molecule has 3 aromatic rings. The number of hydrogen-bond acceptors (Lipinski definition) is 1. The van der Waals surface area contributed by atoms with E-state index >= 15 is 0 Å². The molecular weight excluding hydrogens is 291 g/mol. The summed E-state index contributed by atoms with van der Waals surface area (Å²) in [4.78, 5) is 15.9. The summed E-state index contributed by atoms with van der Waals surface area (Å²) in [6, 6.07) is 14.3. The third kappa shape index (κ3) is 2.61. The first-order valence-electron chi connectivity index (χ1n) is 7.85. The molecule has 23 heavy (non-hydrogen) atoms. The molecule has 0 aliphatic heterocycles. The molecule has 0 radical (unpaired) electrons. The summed E-state index contributed by atoms with van der Waals surface area (Å²) in [6.45, 7) is 0. The molecule has 4 heteroatoms. The number of carbonyl (C=O) groups excluding carboxylic acids is 1. The third-order valence-electron chi connectivity index (χ3n) is 4.56. The van der Waals surface area contributed by atoms with Gasteiger partial charge in [0.25, 0.3) is 0 Å². The summed E-state index contributed by atoms with van der Waals surface area (Å²) in [7, 11) is 0. The maximum absolute atomic E-state index is 13.5. The maximum atomic E-state index is 13.5. The van der Waals surface area contributed by atoms with E-state index in [0.717, 1.165) is 40.7 Å². The molecule has 0 bridgehead atoms. The number of hydrogen-bond donors (Lipinski definition) is 2. The van der Waals surface area contributed by atoms with E-state index in [-0.39, 0.29) is 17.6 Å². The molecule has 0 saturated heterocycles. The normalized spacial score (nSPS) is 17.0. The molecule has 1 unspecified atom stereocenters. The van der Waals surface area contributed by atoms with Crippen molar-refractivity contribution in [2.24, 2.45) is 5.92 Å². The summed E-state index contributed by atoms with van der Waals surface area (Å²) in [5.41, 5.74) is 3.97. The molecule has 1 aliphatic rings. The summed E-state index contributed by atoms with van der Waals surface area (Å²) in [5.74, 6) is -0.285. The summed E-state index contributed by atoms with van der Waals surface area (Å²) < 4.78 is 13.5. The summed E-state index contributed by atoms with van der Waals surface area (Å²) in [5, 5.41) is 3.87. The monoisotopic (exact) mass is 308 g/mol. The number of benzene rings is 2. The number of rotatable bonds is 2. The van der Waals surface area contributed by atoms with Gasteiger partial charge in [-0.3, -0.25) is 4.79 Å². The van der Waals surface area contributed by atoms with Gasteiger partial charge in [0.05, 0.1) is 0 Å². The zero-order valence-electron chi connectivity index (χ0n) is 12.6. The molecule has 1 atom stereocenters. The molecule has 0 fully saturated rings. The van der Waals surface area contributed by atoms with Crippen LogP contribution in [0.4, 0.5) is 10.1 Å². The maximum Gasteiger partial charge on any atom is 0.227 e. The Kier molecular flexibility index (Phi) is 3.37. The number of carbonyl (C=O) groups is 1. The van der Waals surface area contributed by atoms with Crippen LogP contribution in [0, 0.1) is 11.7 Å². The molecule has 1 amide bonds. The number of H-pyrrole nitrogens is 1. The van der Waals surface area contributed by atoms with Gasteiger partial charge in [0.15, 0.2) is 0 Å². The minimum absolute atomic E-state index is 0.0348. The van der Waals surface area contributed by atoms with Crippen molar-refractivity contribution in [3.63, 3.8) is 0 Å². The number of aromatic amines is 1. The second-order valence-corrected chi connectivity index (χ2v) is 6.07. The van der Waals surface area contributed by atoms with Crippen LogP contribution in [0.5, 0.6) is 0 Å². The zero-order valence-corrected chi connectivity index (χ0v) is 12.6. The second kappa shape index (κ2) is 5.54. The Morgan fingerprint density at radius 2 is 2.00 bits per heavy atom. The van der Waals surface area contributed by atoms with Crippen LogP contribution in [0.1, 0.15) is 17.7 Å². The minimum Gasteiger partial charge on any atom is -0.358 e. The van der Waals surface area contributed by atoms with Crippen molar-refractivity contribution in [1.29, 1.82) is 0 Å². The first-order valence-corrected chi connectivity index (χ1v) is 7.85. The van der Waals surface area contributed by atoms with Gasteiger partial charge < -0.3 is 10.3 Å². The van der Waals surface area contributed by atoms with Crippen molar-refractivity contribution in [3.8, 4) is 0 Å². The third-order valence-corrected chi connectivity index (χ3v) is 4.56. The van der Waals surface area contributed by atoms with Gasteiger partial charge in [-0.1, -0.05) is 18.2 Å². The topological polar surface area (TPSA) is 44.9 Å². The van der Waals surface area contributed by atoms with Gasteiger partial charge in [-0.05, 0) is 55.2 Å². The van der Waals surface area contributed by atoms with Gasteiger partial charge in [-0.25, -0.2) is 4.39 Å². The van der Waals surface area contributed by atoms with Crippen molar-refractivity contribution < 1.29 is 9.18 Å². The first-order chi connectivity index (χ1) is 11.2. The lowest BCUT2D eigenvalue weighted by Gasteiger charge is -2.21. The predicted octanol–water partition coefficient (Wildman–Crippen LogP) is 4.05.